The molecule has 9 heteroatoms. The van der Waals surface area contributed by atoms with Crippen molar-refractivity contribution in [2.45, 2.75) is 6.92 Å². The number of aromatic nitrogens is 1. The van der Waals surface area contributed by atoms with Gasteiger partial charge in [-0.2, -0.15) is 5.10 Å². The Morgan fingerprint density at radius 3 is 2.67 bits per heavy atom. The van der Waals surface area contributed by atoms with Gasteiger partial charge in [0.1, 0.15) is 10.8 Å². The van der Waals surface area contributed by atoms with Crippen molar-refractivity contribution in [3.05, 3.63) is 50.7 Å². The van der Waals surface area contributed by atoms with Crippen molar-refractivity contribution in [1.82, 2.24) is 10.4 Å². The summed E-state index contributed by atoms with van der Waals surface area (Å²) in [5.74, 6) is 0.0165. The number of nitrogens with one attached hydrogen (secondary N) is 1. The molecule has 0 saturated heterocycles. The van der Waals surface area contributed by atoms with Crippen LogP contribution in [0.2, 0.25) is 15.2 Å². The average Bonchev–Trinajstić information content (AvgIpc) is 2.60. The fraction of sp³-hybridized carbons (Fsp3) is 0.133. The summed E-state index contributed by atoms with van der Waals surface area (Å²) in [6.45, 7) is 1.73. The fourth-order valence-electron chi connectivity index (χ4n) is 1.78. The van der Waals surface area contributed by atoms with E-state index in [4.69, 9.17) is 45.3 Å². The van der Waals surface area contributed by atoms with Crippen molar-refractivity contribution in [3.8, 4) is 5.75 Å². The fourth-order valence-corrected chi connectivity index (χ4v) is 2.38. The molecule has 0 unspecified atom stereocenters. The minimum absolute atomic E-state index is 0.00530. The summed E-state index contributed by atoms with van der Waals surface area (Å²) in [4.78, 5) is 16.0. The third-order valence-corrected chi connectivity index (χ3v) is 4.24. The molecule has 2 aromatic rings. The molecule has 1 heterocycles. The lowest BCUT2D eigenvalue weighted by molar-refractivity contribution is 0.0950. The predicted molar refractivity (Wildman–Crippen MR) is 96.4 cm³/mol. The molecule has 0 fully saturated rings. The van der Waals surface area contributed by atoms with E-state index in [1.807, 2.05) is 12.1 Å². The van der Waals surface area contributed by atoms with Gasteiger partial charge in [-0.15, -0.1) is 0 Å². The summed E-state index contributed by atoms with van der Waals surface area (Å²) >= 11 is 17.6. The van der Waals surface area contributed by atoms with Gasteiger partial charge in [0.15, 0.2) is 10.8 Å². The van der Waals surface area contributed by atoms with E-state index in [9.17, 15) is 4.79 Å². The normalized spacial score (nSPS) is 11.3. The van der Waals surface area contributed by atoms with E-state index in [1.165, 1.54) is 0 Å². The maximum Gasteiger partial charge on any atom is 0.291 e. The van der Waals surface area contributed by atoms with Crippen molar-refractivity contribution in [3.63, 3.8) is 0 Å². The van der Waals surface area contributed by atoms with Crippen LogP contribution >= 0.6 is 34.8 Å². The molecule has 2 rings (SSSR count). The molecule has 0 saturated carbocycles. The second-order valence-electron chi connectivity index (χ2n) is 4.66. The van der Waals surface area contributed by atoms with Gasteiger partial charge in [-0.25, -0.2) is 10.4 Å². The number of methoxy groups -OCH3 is 1. The molecule has 6 nitrogen and oxygen atoms in total. The summed E-state index contributed by atoms with van der Waals surface area (Å²) in [5, 5.41) is 3.81. The highest BCUT2D eigenvalue weighted by Crippen LogP contribution is 2.34. The van der Waals surface area contributed by atoms with Crippen molar-refractivity contribution in [2.75, 3.05) is 12.8 Å². The van der Waals surface area contributed by atoms with Gasteiger partial charge in [-0.1, -0.05) is 46.9 Å². The number of nitrogen functional groups attached to an aromatic ring is 1. The highest BCUT2D eigenvalue weighted by molar-refractivity contribution is 6.46. The van der Waals surface area contributed by atoms with Crippen LogP contribution in [-0.4, -0.2) is 23.7 Å². The van der Waals surface area contributed by atoms with E-state index >= 15 is 0 Å². The molecule has 0 aliphatic carbocycles. The number of amides is 1. The third kappa shape index (κ3) is 3.90. The molecule has 1 aromatic heterocycles. The molecule has 0 aliphatic rings. The van der Waals surface area contributed by atoms with Crippen LogP contribution in [0.5, 0.6) is 5.75 Å². The maximum atomic E-state index is 12.2. The number of nitrogens with zero attached hydrogens (tertiary/aromatic N) is 2. The van der Waals surface area contributed by atoms with E-state index in [2.05, 4.69) is 15.5 Å². The molecular formula is C15H13Cl3N4O2. The van der Waals surface area contributed by atoms with Crippen LogP contribution in [0.15, 0.2) is 29.4 Å². The topological polar surface area (TPSA) is 89.6 Å². The number of anilines is 1. The van der Waals surface area contributed by atoms with Gasteiger partial charge in [0.05, 0.1) is 23.5 Å². The van der Waals surface area contributed by atoms with Crippen LogP contribution < -0.4 is 15.9 Å². The number of pyridine rings is 1. The Kier molecular flexibility index (Phi) is 5.88. The van der Waals surface area contributed by atoms with E-state index in [1.54, 1.807) is 26.2 Å². The number of benzene rings is 1. The lowest BCUT2D eigenvalue weighted by Crippen LogP contribution is -2.21. The van der Waals surface area contributed by atoms with Crippen LogP contribution in [0.25, 0.3) is 0 Å². The van der Waals surface area contributed by atoms with Crippen LogP contribution in [0, 0.1) is 0 Å². The molecule has 1 aromatic carbocycles. The number of hydrogen-bond acceptors (Lipinski definition) is 5. The van der Waals surface area contributed by atoms with Crippen LogP contribution in [0.1, 0.15) is 23.0 Å². The Bertz CT molecular complexity index is 825. The zero-order valence-electron chi connectivity index (χ0n) is 12.7. The van der Waals surface area contributed by atoms with Crippen LogP contribution in [0.4, 0.5) is 5.69 Å². The first-order valence-electron chi connectivity index (χ1n) is 6.64. The van der Waals surface area contributed by atoms with Gasteiger partial charge in [0.25, 0.3) is 5.91 Å². The number of rotatable bonds is 4. The SMILES string of the molecule is COc1cccc(/C(C)=N\NC(=O)c2nc(Cl)c(Cl)c(N)c2Cl)c1. The smallest absolute Gasteiger partial charge is 0.291 e. The van der Waals surface area contributed by atoms with Gasteiger partial charge in [-0.05, 0) is 19.1 Å². The summed E-state index contributed by atoms with van der Waals surface area (Å²) in [5.41, 5.74) is 9.20. The summed E-state index contributed by atoms with van der Waals surface area (Å²) in [6, 6.07) is 7.23. The van der Waals surface area contributed by atoms with Crippen molar-refractivity contribution in [2.24, 2.45) is 5.10 Å². The Morgan fingerprint density at radius 1 is 1.29 bits per heavy atom. The highest BCUT2D eigenvalue weighted by Gasteiger charge is 2.19. The molecule has 1 amide bonds. The summed E-state index contributed by atoms with van der Waals surface area (Å²) < 4.78 is 5.14. The quantitative estimate of drug-likeness (QED) is 0.474. The Morgan fingerprint density at radius 2 is 2.00 bits per heavy atom. The molecule has 0 radical (unpaired) electrons. The number of carbonyl (C=O) groups excluding carboxylic acids is 1. The first-order chi connectivity index (χ1) is 11.3. The minimum atomic E-state index is -0.660. The molecule has 24 heavy (non-hydrogen) atoms. The second-order valence-corrected chi connectivity index (χ2v) is 5.78. The van der Waals surface area contributed by atoms with Gasteiger partial charge >= 0.3 is 0 Å². The van der Waals surface area contributed by atoms with Gasteiger partial charge in [-0.3, -0.25) is 4.79 Å². The number of hydrogen-bond donors (Lipinski definition) is 2. The lowest BCUT2D eigenvalue weighted by atomic mass is 10.1. The minimum Gasteiger partial charge on any atom is -0.497 e. The van der Waals surface area contributed by atoms with Gasteiger partial charge < -0.3 is 10.5 Å². The molecule has 0 bridgehead atoms. The maximum absolute atomic E-state index is 12.2. The van der Waals surface area contributed by atoms with Crippen molar-refractivity contribution in [1.29, 1.82) is 0 Å². The lowest BCUT2D eigenvalue weighted by Gasteiger charge is -2.08. The van der Waals surface area contributed by atoms with E-state index in [0.29, 0.717) is 11.5 Å². The standard InChI is InChI=1S/C15H13Cl3N4O2/c1-7(8-4-3-5-9(6-8)24-2)21-22-15(23)13-10(16)12(19)11(17)14(18)20-13/h3-6H,1-2H3,(H2,19,20)(H,22,23)/b21-7-. The average molecular weight is 388 g/mol. The zero-order chi connectivity index (χ0) is 17.9. The third-order valence-electron chi connectivity index (χ3n) is 3.10. The molecule has 0 atom stereocenters. The van der Waals surface area contributed by atoms with Gasteiger partial charge in [0, 0.05) is 5.56 Å². The molecule has 126 valence electrons. The molecule has 0 aliphatic heterocycles. The first kappa shape index (κ1) is 18.3. The number of carbonyl (C=O) groups is 1. The van der Waals surface area contributed by atoms with Crippen LogP contribution in [0.3, 0.4) is 0 Å². The Hall–Kier alpha value is -2.02. The van der Waals surface area contributed by atoms with E-state index in [0.717, 1.165) is 5.56 Å². The molecular weight excluding hydrogens is 375 g/mol. The monoisotopic (exact) mass is 386 g/mol. The van der Waals surface area contributed by atoms with Gasteiger partial charge in [0.2, 0.25) is 0 Å². The largest absolute Gasteiger partial charge is 0.497 e. The van der Waals surface area contributed by atoms with Crippen LogP contribution in [-0.2, 0) is 0 Å². The second kappa shape index (κ2) is 7.70. The summed E-state index contributed by atoms with van der Waals surface area (Å²) in [7, 11) is 1.57. The summed E-state index contributed by atoms with van der Waals surface area (Å²) in [6.07, 6.45) is 0. The Labute approximate surface area is 153 Å². The highest BCUT2D eigenvalue weighted by atomic mass is 35.5. The van der Waals surface area contributed by atoms with E-state index in [-0.39, 0.29) is 26.6 Å². The molecule has 3 N–H and O–H groups in total. The first-order valence-corrected chi connectivity index (χ1v) is 7.77. The number of halogens is 3. The predicted octanol–water partition coefficient (Wildman–Crippen LogP) is 3.79. The molecule has 0 spiro atoms. The zero-order valence-corrected chi connectivity index (χ0v) is 15.0. The number of nitrogens with two attached hydrogens (primary N) is 1. The number of hydrazone groups is 1. The van der Waals surface area contributed by atoms with Crippen molar-refractivity contribution < 1.29 is 9.53 Å². The van der Waals surface area contributed by atoms with Crippen molar-refractivity contribution >= 4 is 52.1 Å². The Balaban J connectivity index is 2.24. The van der Waals surface area contributed by atoms with E-state index < -0.39 is 5.91 Å². The number of ether oxygens (including phenoxy) is 1.